The van der Waals surface area contributed by atoms with Gasteiger partial charge in [-0.3, -0.25) is 23.5 Å². The first-order chi connectivity index (χ1) is 11.4. The molecule has 10 heteroatoms. The van der Waals surface area contributed by atoms with Crippen LogP contribution in [0.2, 0.25) is 0 Å². The molecule has 0 aliphatic heterocycles. The summed E-state index contributed by atoms with van der Waals surface area (Å²) in [7, 11) is 0. The number of nitrogens with one attached hydrogen (secondary N) is 1. The molecule has 0 heterocycles. The highest BCUT2D eigenvalue weighted by atomic mass is 32.2. The lowest BCUT2D eigenvalue weighted by molar-refractivity contribution is -0.138. The van der Waals surface area contributed by atoms with Crippen LogP contribution < -0.4 is 5.32 Å². The van der Waals surface area contributed by atoms with Crippen LogP contribution in [-0.4, -0.2) is 70.3 Å². The molecule has 0 radical (unpaired) electrons. The van der Waals surface area contributed by atoms with Crippen LogP contribution in [-0.2, 0) is 23.9 Å². The number of aliphatic carboxylic acids is 2. The molecule has 0 saturated heterocycles. The van der Waals surface area contributed by atoms with Crippen LogP contribution in [0.4, 0.5) is 0 Å². The molecule has 0 aromatic rings. The van der Waals surface area contributed by atoms with Crippen LogP contribution in [0, 0.1) is 0 Å². The van der Waals surface area contributed by atoms with Gasteiger partial charge in [0.1, 0.15) is 13.1 Å². The van der Waals surface area contributed by atoms with Crippen molar-refractivity contribution in [2.24, 2.45) is 0 Å². The van der Waals surface area contributed by atoms with E-state index in [-0.39, 0.29) is 25.3 Å². The monoisotopic (exact) mass is 364 g/mol. The Kier molecular flexibility index (Phi) is 12.6. The second-order valence-corrected chi connectivity index (χ2v) is 5.84. The minimum absolute atomic E-state index is 0.0101. The molecule has 2 amide bonds. The Balaban J connectivity index is 4.37. The molecule has 0 unspecified atom stereocenters. The summed E-state index contributed by atoms with van der Waals surface area (Å²) in [5.74, 6) is -2.48. The summed E-state index contributed by atoms with van der Waals surface area (Å²) in [5, 5.41) is 19.3. The molecule has 0 fully saturated rings. The lowest BCUT2D eigenvalue weighted by Gasteiger charge is -2.20. The van der Waals surface area contributed by atoms with Crippen LogP contribution in [0.25, 0.3) is 0 Å². The van der Waals surface area contributed by atoms with Crippen molar-refractivity contribution >= 4 is 35.7 Å². The van der Waals surface area contributed by atoms with Gasteiger partial charge in [-0.05, 0) is 31.7 Å². The van der Waals surface area contributed by atoms with Gasteiger partial charge >= 0.3 is 11.9 Å². The number of hydrogen-bond donors (Lipinski definition) is 3. The summed E-state index contributed by atoms with van der Waals surface area (Å²) in [6.45, 7) is 2.03. The van der Waals surface area contributed by atoms with Crippen LogP contribution in [0.3, 0.4) is 0 Å². The van der Waals surface area contributed by atoms with E-state index in [9.17, 15) is 19.2 Å². The molecule has 0 spiro atoms. The van der Waals surface area contributed by atoms with Crippen LogP contribution >= 0.6 is 11.9 Å². The summed E-state index contributed by atoms with van der Waals surface area (Å²) in [4.78, 5) is 44.7. The smallest absolute Gasteiger partial charge is 0.322 e. The second-order valence-electron chi connectivity index (χ2n) is 4.73. The third kappa shape index (κ3) is 12.7. The van der Waals surface area contributed by atoms with Crippen molar-refractivity contribution in [3.8, 4) is 0 Å². The van der Waals surface area contributed by atoms with Crippen molar-refractivity contribution in [2.45, 2.75) is 32.6 Å². The highest BCUT2D eigenvalue weighted by Gasteiger charge is 2.18. The number of carboxylic acid groups (broad SMARTS) is 2. The fourth-order valence-corrected chi connectivity index (χ4v) is 2.45. The van der Waals surface area contributed by atoms with Gasteiger partial charge in [0.15, 0.2) is 0 Å². The molecule has 24 heavy (non-hydrogen) atoms. The molecule has 0 aliphatic rings. The Morgan fingerprint density at radius 2 is 1.75 bits per heavy atom. The maximum atomic E-state index is 12.1. The van der Waals surface area contributed by atoms with Crippen molar-refractivity contribution in [2.75, 3.05) is 32.1 Å². The fourth-order valence-electron chi connectivity index (χ4n) is 1.59. The van der Waals surface area contributed by atoms with Gasteiger partial charge in [-0.1, -0.05) is 0 Å². The molecule has 0 aliphatic carbocycles. The molecule has 0 atom stereocenters. The van der Waals surface area contributed by atoms with Gasteiger partial charge in [0.05, 0.1) is 6.61 Å². The first-order valence-electron chi connectivity index (χ1n) is 7.58. The molecule has 0 saturated carbocycles. The summed E-state index contributed by atoms with van der Waals surface area (Å²) in [6, 6.07) is 0. The SMILES string of the molecule is CCOCCSN(CC(=O)NCC(=O)O)C(=O)CCCCC(=O)O. The molecule has 0 rings (SSSR count). The maximum absolute atomic E-state index is 12.1. The third-order valence-corrected chi connectivity index (χ3v) is 3.71. The first kappa shape index (κ1) is 22.2. The number of amides is 2. The highest BCUT2D eigenvalue weighted by molar-refractivity contribution is 7.97. The summed E-state index contributed by atoms with van der Waals surface area (Å²) in [5.41, 5.74) is 0. The average molecular weight is 364 g/mol. The largest absolute Gasteiger partial charge is 0.481 e. The number of unbranched alkanes of at least 4 members (excludes halogenated alkanes) is 1. The molecule has 0 aromatic heterocycles. The quantitative estimate of drug-likeness (QED) is 0.297. The van der Waals surface area contributed by atoms with Gasteiger partial charge in [0.2, 0.25) is 11.8 Å². The van der Waals surface area contributed by atoms with E-state index in [0.717, 1.165) is 11.9 Å². The number of ether oxygens (including phenoxy) is 1. The summed E-state index contributed by atoms with van der Waals surface area (Å²) in [6.07, 6.45) is 0.902. The van der Waals surface area contributed by atoms with Crippen molar-refractivity contribution in [1.82, 2.24) is 9.62 Å². The van der Waals surface area contributed by atoms with Crippen LogP contribution in [0.1, 0.15) is 32.6 Å². The topological polar surface area (TPSA) is 133 Å². The zero-order valence-electron chi connectivity index (χ0n) is 13.7. The van der Waals surface area contributed by atoms with Gasteiger partial charge in [0, 0.05) is 25.2 Å². The standard InChI is InChI=1S/C14H24N2O7S/c1-2-23-7-8-24-16(10-11(17)15-9-14(21)22)12(18)5-3-4-6-13(19)20/h2-10H2,1H3,(H,15,17)(H,19,20)(H,21,22). The van der Waals surface area contributed by atoms with E-state index in [1.807, 2.05) is 6.92 Å². The zero-order chi connectivity index (χ0) is 18.4. The van der Waals surface area contributed by atoms with E-state index >= 15 is 0 Å². The summed E-state index contributed by atoms with van der Waals surface area (Å²) < 4.78 is 6.43. The van der Waals surface area contributed by atoms with E-state index in [1.165, 1.54) is 4.31 Å². The second kappa shape index (κ2) is 13.6. The Hall–Kier alpha value is -1.81. The number of nitrogens with zero attached hydrogens (tertiary/aromatic N) is 1. The van der Waals surface area contributed by atoms with Crippen molar-refractivity contribution < 1.29 is 34.1 Å². The molecule has 0 aromatic carbocycles. The third-order valence-electron chi connectivity index (χ3n) is 2.71. The predicted molar refractivity (Wildman–Crippen MR) is 87.4 cm³/mol. The Bertz CT molecular complexity index is 431. The predicted octanol–water partition coefficient (Wildman–Crippen LogP) is 0.346. The number of carbonyl (C=O) groups excluding carboxylic acids is 2. The summed E-state index contributed by atoms with van der Waals surface area (Å²) >= 11 is 1.13. The van der Waals surface area contributed by atoms with Gasteiger partial charge in [-0.25, -0.2) is 0 Å². The molecule has 9 nitrogen and oxygen atoms in total. The first-order valence-corrected chi connectivity index (χ1v) is 8.52. The van der Waals surface area contributed by atoms with Gasteiger partial charge in [-0.2, -0.15) is 0 Å². The van der Waals surface area contributed by atoms with Gasteiger partial charge < -0.3 is 20.3 Å². The maximum Gasteiger partial charge on any atom is 0.322 e. The molecule has 138 valence electrons. The average Bonchev–Trinajstić information content (AvgIpc) is 2.52. The molecular formula is C14H24N2O7S. The van der Waals surface area contributed by atoms with Gasteiger partial charge in [0.25, 0.3) is 0 Å². The molecular weight excluding hydrogens is 340 g/mol. The fraction of sp³-hybridized carbons (Fsp3) is 0.714. The van der Waals surface area contributed by atoms with E-state index < -0.39 is 24.4 Å². The van der Waals surface area contributed by atoms with E-state index in [0.29, 0.717) is 31.8 Å². The van der Waals surface area contributed by atoms with Crippen molar-refractivity contribution in [3.63, 3.8) is 0 Å². The Labute approximate surface area is 144 Å². The number of carboxylic acids is 2. The van der Waals surface area contributed by atoms with Crippen molar-refractivity contribution in [3.05, 3.63) is 0 Å². The van der Waals surface area contributed by atoms with E-state index in [2.05, 4.69) is 5.32 Å². The zero-order valence-corrected chi connectivity index (χ0v) is 14.5. The minimum atomic E-state index is -1.17. The number of hydrogen-bond acceptors (Lipinski definition) is 6. The van der Waals surface area contributed by atoms with Crippen molar-refractivity contribution in [1.29, 1.82) is 0 Å². The number of carbonyl (C=O) groups is 4. The lowest BCUT2D eigenvalue weighted by Crippen LogP contribution is -2.39. The molecule has 0 bridgehead atoms. The molecule has 3 N–H and O–H groups in total. The van der Waals surface area contributed by atoms with Crippen LogP contribution in [0.5, 0.6) is 0 Å². The van der Waals surface area contributed by atoms with E-state index in [4.69, 9.17) is 14.9 Å². The highest BCUT2D eigenvalue weighted by Crippen LogP contribution is 2.13. The Morgan fingerprint density at radius 1 is 1.08 bits per heavy atom. The van der Waals surface area contributed by atoms with E-state index in [1.54, 1.807) is 0 Å². The van der Waals surface area contributed by atoms with Crippen LogP contribution in [0.15, 0.2) is 0 Å². The number of rotatable bonds is 14. The Morgan fingerprint density at radius 3 is 2.33 bits per heavy atom. The normalized spacial score (nSPS) is 10.2. The lowest BCUT2D eigenvalue weighted by atomic mass is 10.2. The van der Waals surface area contributed by atoms with Gasteiger partial charge in [-0.15, -0.1) is 0 Å². The minimum Gasteiger partial charge on any atom is -0.481 e.